The van der Waals surface area contributed by atoms with Gasteiger partial charge in [-0.3, -0.25) is 14.6 Å². The van der Waals surface area contributed by atoms with Crippen LogP contribution in [0.4, 0.5) is 4.79 Å². The molecule has 0 aliphatic carbocycles. The van der Waals surface area contributed by atoms with E-state index in [1.165, 1.54) is 6.20 Å². The fourth-order valence-electron chi connectivity index (χ4n) is 2.63. The highest BCUT2D eigenvalue weighted by Gasteiger charge is 2.29. The highest BCUT2D eigenvalue weighted by molar-refractivity contribution is 6.03. The fraction of sp³-hybridized carbons (Fsp3) is 0.556. The third-order valence-corrected chi connectivity index (χ3v) is 4.20. The number of nitrogens with zero attached hydrogens (tertiary/aromatic N) is 4. The van der Waals surface area contributed by atoms with E-state index in [1.54, 1.807) is 17.0 Å². The van der Waals surface area contributed by atoms with E-state index in [2.05, 4.69) is 10.3 Å². The van der Waals surface area contributed by atoms with Gasteiger partial charge in [-0.15, -0.1) is 0 Å². The third kappa shape index (κ3) is 6.00. The summed E-state index contributed by atoms with van der Waals surface area (Å²) in [7, 11) is 3.94. The van der Waals surface area contributed by atoms with Crippen molar-refractivity contribution in [3.05, 3.63) is 29.6 Å². The van der Waals surface area contributed by atoms with Crippen LogP contribution >= 0.6 is 0 Å². The van der Waals surface area contributed by atoms with Gasteiger partial charge in [-0.1, -0.05) is 0 Å². The van der Waals surface area contributed by atoms with Gasteiger partial charge in [0, 0.05) is 37.9 Å². The standard InChI is InChI=1S/C18H27N5O4/c1-4-22(8-7-21(2)3)16(24)13-19-12-15-11-14(5-6-20-15)17(25)23-9-10-27-18(23)26/h5-6,11,19H,4,7-10,12-13H2,1-3H3. The summed E-state index contributed by atoms with van der Waals surface area (Å²) in [5, 5.41) is 3.06. The number of aromatic nitrogens is 1. The van der Waals surface area contributed by atoms with E-state index in [1.807, 2.05) is 25.9 Å². The third-order valence-electron chi connectivity index (χ3n) is 4.20. The molecule has 1 N–H and O–H groups in total. The van der Waals surface area contributed by atoms with Crippen LogP contribution in [-0.4, -0.2) is 91.0 Å². The van der Waals surface area contributed by atoms with E-state index in [0.29, 0.717) is 30.9 Å². The maximum absolute atomic E-state index is 12.4. The summed E-state index contributed by atoms with van der Waals surface area (Å²) >= 11 is 0. The van der Waals surface area contributed by atoms with Crippen LogP contribution in [0.1, 0.15) is 23.0 Å². The maximum atomic E-state index is 12.4. The molecule has 0 radical (unpaired) electrons. The zero-order valence-corrected chi connectivity index (χ0v) is 16.1. The first kappa shape index (κ1) is 20.8. The van der Waals surface area contributed by atoms with E-state index < -0.39 is 12.0 Å². The summed E-state index contributed by atoms with van der Waals surface area (Å²) in [5.74, 6) is -0.385. The Morgan fingerprint density at radius 2 is 2.11 bits per heavy atom. The number of rotatable bonds is 9. The van der Waals surface area contributed by atoms with Gasteiger partial charge in [0.2, 0.25) is 5.91 Å². The molecule has 0 spiro atoms. The Morgan fingerprint density at radius 3 is 2.74 bits per heavy atom. The van der Waals surface area contributed by atoms with Crippen LogP contribution in [0, 0.1) is 0 Å². The normalized spacial score (nSPS) is 13.8. The molecule has 1 aliphatic heterocycles. The van der Waals surface area contributed by atoms with E-state index >= 15 is 0 Å². The molecule has 27 heavy (non-hydrogen) atoms. The van der Waals surface area contributed by atoms with Crippen LogP contribution in [0.25, 0.3) is 0 Å². The Balaban J connectivity index is 1.86. The van der Waals surface area contributed by atoms with Crippen molar-refractivity contribution >= 4 is 17.9 Å². The van der Waals surface area contributed by atoms with Crippen LogP contribution in [0.2, 0.25) is 0 Å². The van der Waals surface area contributed by atoms with E-state index in [-0.39, 0.29) is 25.6 Å². The van der Waals surface area contributed by atoms with Gasteiger partial charge < -0.3 is 19.9 Å². The number of hydrogen-bond acceptors (Lipinski definition) is 7. The Hall–Kier alpha value is -2.52. The van der Waals surface area contributed by atoms with Gasteiger partial charge in [0.15, 0.2) is 0 Å². The number of cyclic esters (lactones) is 1. The van der Waals surface area contributed by atoms with Crippen LogP contribution in [-0.2, 0) is 16.1 Å². The molecule has 1 aromatic rings. The molecular formula is C18H27N5O4. The first-order valence-electron chi connectivity index (χ1n) is 8.99. The lowest BCUT2D eigenvalue weighted by atomic mass is 10.2. The van der Waals surface area contributed by atoms with E-state index in [0.717, 1.165) is 11.4 Å². The minimum atomic E-state index is -0.625. The summed E-state index contributed by atoms with van der Waals surface area (Å²) in [6.07, 6.45) is 0.891. The molecule has 0 atom stereocenters. The molecule has 1 saturated heterocycles. The second kappa shape index (κ2) is 9.98. The van der Waals surface area contributed by atoms with Crippen molar-refractivity contribution in [2.24, 2.45) is 0 Å². The smallest absolute Gasteiger partial charge is 0.416 e. The summed E-state index contributed by atoms with van der Waals surface area (Å²) < 4.78 is 4.79. The fourth-order valence-corrected chi connectivity index (χ4v) is 2.63. The summed E-state index contributed by atoms with van der Waals surface area (Å²) in [6, 6.07) is 3.18. The van der Waals surface area contributed by atoms with Gasteiger partial charge in [0.1, 0.15) is 6.61 Å². The molecule has 9 heteroatoms. The van der Waals surface area contributed by atoms with Crippen molar-refractivity contribution in [2.75, 3.05) is 53.4 Å². The predicted molar refractivity (Wildman–Crippen MR) is 99.1 cm³/mol. The minimum Gasteiger partial charge on any atom is -0.447 e. The Morgan fingerprint density at radius 1 is 1.33 bits per heavy atom. The van der Waals surface area contributed by atoms with Crippen molar-refractivity contribution in [1.82, 2.24) is 25.0 Å². The second-order valence-corrected chi connectivity index (χ2v) is 6.49. The van der Waals surface area contributed by atoms with E-state index in [9.17, 15) is 14.4 Å². The molecule has 9 nitrogen and oxygen atoms in total. The van der Waals surface area contributed by atoms with Crippen molar-refractivity contribution in [2.45, 2.75) is 13.5 Å². The molecule has 0 unspecified atom stereocenters. The van der Waals surface area contributed by atoms with E-state index in [4.69, 9.17) is 4.74 Å². The molecule has 0 bridgehead atoms. The number of hydrogen-bond donors (Lipinski definition) is 1. The van der Waals surface area contributed by atoms with Gasteiger partial charge in [0.05, 0.1) is 18.8 Å². The average molecular weight is 377 g/mol. The molecule has 3 amide bonds. The Labute approximate surface area is 159 Å². The predicted octanol–water partition coefficient (Wildman–Crippen LogP) is 0.174. The first-order chi connectivity index (χ1) is 12.9. The monoisotopic (exact) mass is 377 g/mol. The second-order valence-electron chi connectivity index (χ2n) is 6.49. The molecule has 2 rings (SSSR count). The number of carbonyl (C=O) groups excluding carboxylic acids is 3. The molecule has 1 aliphatic rings. The van der Waals surface area contributed by atoms with Gasteiger partial charge in [-0.2, -0.15) is 0 Å². The minimum absolute atomic E-state index is 0.0198. The lowest BCUT2D eigenvalue weighted by Gasteiger charge is -2.23. The van der Waals surface area contributed by atoms with Crippen LogP contribution < -0.4 is 5.32 Å². The summed E-state index contributed by atoms with van der Waals surface area (Å²) in [6.45, 7) is 5.11. The lowest BCUT2D eigenvalue weighted by Crippen LogP contribution is -2.41. The largest absolute Gasteiger partial charge is 0.447 e. The first-order valence-corrected chi connectivity index (χ1v) is 8.99. The number of imide groups is 1. The quantitative estimate of drug-likeness (QED) is 0.656. The topological polar surface area (TPSA) is 95.1 Å². The van der Waals surface area contributed by atoms with Gasteiger partial charge in [0.25, 0.3) is 5.91 Å². The molecule has 0 saturated carbocycles. The zero-order valence-electron chi connectivity index (χ0n) is 16.1. The molecule has 148 valence electrons. The Bertz CT molecular complexity index is 679. The number of ether oxygens (including phenoxy) is 1. The van der Waals surface area contributed by atoms with Crippen LogP contribution in [0.15, 0.2) is 18.3 Å². The number of amides is 3. The summed E-state index contributed by atoms with van der Waals surface area (Å²) in [5.41, 5.74) is 0.991. The summed E-state index contributed by atoms with van der Waals surface area (Å²) in [4.78, 5) is 45.3. The number of nitrogens with one attached hydrogen (secondary N) is 1. The van der Waals surface area contributed by atoms with Gasteiger partial charge in [-0.05, 0) is 33.2 Å². The van der Waals surface area contributed by atoms with Gasteiger partial charge >= 0.3 is 6.09 Å². The van der Waals surface area contributed by atoms with Crippen LogP contribution in [0.3, 0.4) is 0 Å². The molecule has 1 fully saturated rings. The van der Waals surface area contributed by atoms with Crippen LogP contribution in [0.5, 0.6) is 0 Å². The highest BCUT2D eigenvalue weighted by atomic mass is 16.6. The number of pyridine rings is 1. The molecule has 1 aromatic heterocycles. The van der Waals surface area contributed by atoms with Crippen molar-refractivity contribution in [3.8, 4) is 0 Å². The number of likely N-dealkylation sites (N-methyl/N-ethyl adjacent to an activating group) is 2. The zero-order chi connectivity index (χ0) is 19.8. The number of carbonyl (C=O) groups is 3. The van der Waals surface area contributed by atoms with Crippen molar-refractivity contribution in [1.29, 1.82) is 0 Å². The molecular weight excluding hydrogens is 350 g/mol. The molecule has 2 heterocycles. The Kier molecular flexibility index (Phi) is 7.68. The molecule has 0 aromatic carbocycles. The SMILES string of the molecule is CCN(CCN(C)C)C(=O)CNCc1cc(C(=O)N2CCOC2=O)ccn1. The lowest BCUT2D eigenvalue weighted by molar-refractivity contribution is -0.130. The van der Waals surface area contributed by atoms with Crippen molar-refractivity contribution < 1.29 is 19.1 Å². The van der Waals surface area contributed by atoms with Crippen molar-refractivity contribution in [3.63, 3.8) is 0 Å². The average Bonchev–Trinajstić information content (AvgIpc) is 3.07. The highest BCUT2D eigenvalue weighted by Crippen LogP contribution is 2.11. The van der Waals surface area contributed by atoms with Gasteiger partial charge in [-0.25, -0.2) is 9.69 Å². The maximum Gasteiger partial charge on any atom is 0.416 e.